The summed E-state index contributed by atoms with van der Waals surface area (Å²) in [5, 5.41) is 0. The second-order valence-corrected chi connectivity index (χ2v) is 8.58. The van der Waals surface area contributed by atoms with E-state index in [-0.39, 0.29) is 5.56 Å². The number of para-hydroxylation sites is 1. The van der Waals surface area contributed by atoms with Gasteiger partial charge >= 0.3 is 0 Å². The monoisotopic (exact) mass is 454 g/mol. The number of halogens is 1. The van der Waals surface area contributed by atoms with Crippen molar-refractivity contribution in [3.05, 3.63) is 80.2 Å². The first kappa shape index (κ1) is 20.0. The van der Waals surface area contributed by atoms with Crippen LogP contribution < -0.4 is 10.5 Å². The Morgan fingerprint density at radius 1 is 0.966 bits per heavy atom. The lowest BCUT2D eigenvalue weighted by atomic mass is 10.1. The van der Waals surface area contributed by atoms with Crippen molar-refractivity contribution < 1.29 is 0 Å². The molecule has 1 aliphatic rings. The number of anilines is 1. The van der Waals surface area contributed by atoms with E-state index in [0.717, 1.165) is 44.1 Å². The van der Waals surface area contributed by atoms with Crippen LogP contribution in [0.15, 0.2) is 57.8 Å². The lowest BCUT2D eigenvalue weighted by Gasteiger charge is -2.37. The van der Waals surface area contributed by atoms with Gasteiger partial charge in [-0.05, 0) is 53.5 Å². The molecule has 0 saturated carbocycles. The maximum absolute atomic E-state index is 12.8. The van der Waals surface area contributed by atoms with Crippen LogP contribution in [0, 0.1) is 13.8 Å². The van der Waals surface area contributed by atoms with Crippen LogP contribution in [-0.2, 0) is 13.6 Å². The van der Waals surface area contributed by atoms with Crippen molar-refractivity contribution in [1.82, 2.24) is 14.3 Å². The predicted octanol–water partition coefficient (Wildman–Crippen LogP) is 3.88. The Kier molecular flexibility index (Phi) is 5.65. The number of hydrogen-bond donors (Lipinski definition) is 0. The van der Waals surface area contributed by atoms with E-state index in [1.54, 1.807) is 4.68 Å². The van der Waals surface area contributed by atoms with Crippen LogP contribution in [0.3, 0.4) is 0 Å². The number of rotatable bonds is 4. The van der Waals surface area contributed by atoms with Crippen LogP contribution in [0.1, 0.15) is 16.8 Å². The number of nitrogens with zero attached hydrogens (tertiary/aromatic N) is 4. The molecule has 3 aromatic rings. The molecular formula is C23H27BrN4O. The number of aromatic nitrogens is 2. The van der Waals surface area contributed by atoms with Crippen LogP contribution in [0.25, 0.3) is 5.69 Å². The summed E-state index contributed by atoms with van der Waals surface area (Å²) in [5.41, 5.74) is 5.86. The minimum atomic E-state index is -0.0115. The first-order valence-electron chi connectivity index (χ1n) is 10.0. The molecule has 29 heavy (non-hydrogen) atoms. The summed E-state index contributed by atoms with van der Waals surface area (Å²) >= 11 is 3.55. The first-order valence-corrected chi connectivity index (χ1v) is 10.8. The van der Waals surface area contributed by atoms with Crippen LogP contribution in [0.5, 0.6) is 0 Å². The lowest BCUT2D eigenvalue weighted by molar-refractivity contribution is 0.242. The third-order valence-corrected chi connectivity index (χ3v) is 6.56. The summed E-state index contributed by atoms with van der Waals surface area (Å²) in [5.74, 6) is 0. The molecule has 4 rings (SSSR count). The summed E-state index contributed by atoms with van der Waals surface area (Å²) in [6.45, 7) is 9.03. The molecule has 2 aromatic carbocycles. The highest BCUT2D eigenvalue weighted by Gasteiger charge is 2.23. The number of aryl methyl sites for hydroxylation is 2. The molecular weight excluding hydrogens is 428 g/mol. The molecule has 0 unspecified atom stereocenters. The standard InChI is InChI=1S/C23H27BrN4O/c1-17-9-10-20(18(2)15-17)27-13-11-26(12-14-27)16-21-22(24)23(29)28(25(21)3)19-7-5-4-6-8-19/h4-10,15H,11-14,16H2,1-3H3. The van der Waals surface area contributed by atoms with Crippen molar-refractivity contribution in [2.24, 2.45) is 7.05 Å². The number of piperazine rings is 1. The van der Waals surface area contributed by atoms with Gasteiger partial charge in [0.1, 0.15) is 4.47 Å². The van der Waals surface area contributed by atoms with Crippen molar-refractivity contribution in [1.29, 1.82) is 0 Å². The van der Waals surface area contributed by atoms with E-state index in [1.807, 2.05) is 42.1 Å². The Morgan fingerprint density at radius 2 is 1.66 bits per heavy atom. The van der Waals surface area contributed by atoms with Crippen LogP contribution in [0.4, 0.5) is 5.69 Å². The minimum Gasteiger partial charge on any atom is -0.369 e. The second-order valence-electron chi connectivity index (χ2n) is 7.79. The van der Waals surface area contributed by atoms with Gasteiger partial charge in [-0.3, -0.25) is 14.4 Å². The van der Waals surface area contributed by atoms with Crippen LogP contribution in [0.2, 0.25) is 0 Å². The van der Waals surface area contributed by atoms with Gasteiger partial charge in [0.25, 0.3) is 5.56 Å². The fourth-order valence-corrected chi connectivity index (χ4v) is 4.72. The zero-order valence-corrected chi connectivity index (χ0v) is 18.8. The zero-order chi connectivity index (χ0) is 20.5. The van der Waals surface area contributed by atoms with E-state index in [1.165, 1.54) is 16.8 Å². The third kappa shape index (κ3) is 3.91. The average molecular weight is 455 g/mol. The quantitative estimate of drug-likeness (QED) is 0.599. The summed E-state index contributed by atoms with van der Waals surface area (Å²) in [4.78, 5) is 17.7. The SMILES string of the molecule is Cc1ccc(N2CCN(Cc3c(Br)c(=O)n(-c4ccccc4)n3C)CC2)c(C)c1. The molecule has 5 nitrogen and oxygen atoms in total. The molecule has 0 aliphatic carbocycles. The predicted molar refractivity (Wildman–Crippen MR) is 122 cm³/mol. The third-order valence-electron chi connectivity index (χ3n) is 5.76. The van der Waals surface area contributed by atoms with Gasteiger partial charge in [-0.25, -0.2) is 4.68 Å². The Morgan fingerprint density at radius 3 is 2.31 bits per heavy atom. The molecule has 0 atom stereocenters. The summed E-state index contributed by atoms with van der Waals surface area (Å²) in [7, 11) is 1.96. The number of hydrogen-bond acceptors (Lipinski definition) is 3. The molecule has 6 heteroatoms. The van der Waals surface area contributed by atoms with E-state index >= 15 is 0 Å². The number of benzene rings is 2. The molecule has 0 spiro atoms. The smallest absolute Gasteiger partial charge is 0.286 e. The molecule has 0 N–H and O–H groups in total. The maximum atomic E-state index is 12.8. The fraction of sp³-hybridized carbons (Fsp3) is 0.348. The van der Waals surface area contributed by atoms with Crippen LogP contribution >= 0.6 is 15.9 Å². The molecule has 1 saturated heterocycles. The summed E-state index contributed by atoms with van der Waals surface area (Å²) in [6, 6.07) is 16.5. The highest BCUT2D eigenvalue weighted by molar-refractivity contribution is 9.10. The topological polar surface area (TPSA) is 33.4 Å². The van der Waals surface area contributed by atoms with Gasteiger partial charge in [-0.15, -0.1) is 0 Å². The molecule has 0 amide bonds. The summed E-state index contributed by atoms with van der Waals surface area (Å²) in [6.07, 6.45) is 0. The van der Waals surface area contributed by atoms with Gasteiger partial charge in [0.05, 0.1) is 11.4 Å². The van der Waals surface area contributed by atoms with E-state index in [2.05, 4.69) is 57.8 Å². The Labute approximate surface area is 180 Å². The van der Waals surface area contributed by atoms with Crippen LogP contribution in [-0.4, -0.2) is 40.4 Å². The highest BCUT2D eigenvalue weighted by atomic mass is 79.9. The average Bonchev–Trinajstić information content (AvgIpc) is 2.93. The van der Waals surface area contributed by atoms with E-state index in [0.29, 0.717) is 4.47 Å². The van der Waals surface area contributed by atoms with Crippen molar-refractivity contribution in [2.45, 2.75) is 20.4 Å². The molecule has 1 aliphatic heterocycles. The molecule has 152 valence electrons. The maximum Gasteiger partial charge on any atom is 0.286 e. The summed E-state index contributed by atoms with van der Waals surface area (Å²) < 4.78 is 4.35. The zero-order valence-electron chi connectivity index (χ0n) is 17.2. The lowest BCUT2D eigenvalue weighted by Crippen LogP contribution is -2.46. The van der Waals surface area contributed by atoms with Gasteiger partial charge in [-0.2, -0.15) is 0 Å². The molecule has 2 heterocycles. The highest BCUT2D eigenvalue weighted by Crippen LogP contribution is 2.24. The van der Waals surface area contributed by atoms with E-state index < -0.39 is 0 Å². The largest absolute Gasteiger partial charge is 0.369 e. The van der Waals surface area contributed by atoms with Crippen molar-refractivity contribution >= 4 is 21.6 Å². The second kappa shape index (κ2) is 8.20. The van der Waals surface area contributed by atoms with Gasteiger partial charge in [0, 0.05) is 45.5 Å². The van der Waals surface area contributed by atoms with Gasteiger partial charge in [-0.1, -0.05) is 35.9 Å². The van der Waals surface area contributed by atoms with Crippen molar-refractivity contribution in [3.8, 4) is 5.69 Å². The van der Waals surface area contributed by atoms with E-state index in [9.17, 15) is 4.79 Å². The Bertz CT molecular complexity index is 1060. The van der Waals surface area contributed by atoms with Crippen molar-refractivity contribution in [3.63, 3.8) is 0 Å². The minimum absolute atomic E-state index is 0.0115. The van der Waals surface area contributed by atoms with Gasteiger partial charge in [0.2, 0.25) is 0 Å². The normalized spacial score (nSPS) is 15.1. The van der Waals surface area contributed by atoms with Gasteiger partial charge < -0.3 is 4.90 Å². The van der Waals surface area contributed by atoms with E-state index in [4.69, 9.17) is 0 Å². The Hall–Kier alpha value is -2.31. The first-order chi connectivity index (χ1) is 14.0. The Balaban J connectivity index is 1.49. The molecule has 1 fully saturated rings. The molecule has 0 radical (unpaired) electrons. The molecule has 0 bridgehead atoms. The van der Waals surface area contributed by atoms with Crippen molar-refractivity contribution in [2.75, 3.05) is 31.1 Å². The van der Waals surface area contributed by atoms with Gasteiger partial charge in [0.15, 0.2) is 0 Å². The molecule has 1 aromatic heterocycles. The fourth-order valence-electron chi connectivity index (χ4n) is 4.17.